The molecule has 0 saturated carbocycles. The standard InChI is InChI=1S/C4H6O3.2C4H8O.Al.3H/c1-3(5)2-4(6)7;2*1-3-4(2)5;;;;/h2H2,1H3,(H,6,7);2*3H2,1-2H3;;;;. The zero-order valence-corrected chi connectivity index (χ0v) is 11.2. The monoisotopic (exact) mass is 276 g/mol. The number of carboxylic acids is 1. The number of ketones is 3. The maximum Gasteiger partial charge on any atom is 0.310 e. The molecular formula is C12H25AlO5. The molecule has 0 rings (SSSR count). The van der Waals surface area contributed by atoms with Crippen molar-refractivity contribution in [3.63, 3.8) is 0 Å². The molecule has 0 radical (unpaired) electrons. The average molecular weight is 276 g/mol. The Morgan fingerprint density at radius 1 is 0.778 bits per heavy atom. The van der Waals surface area contributed by atoms with Crippen LogP contribution in [-0.2, 0) is 19.2 Å². The Labute approximate surface area is 119 Å². The van der Waals surface area contributed by atoms with E-state index in [-0.39, 0.29) is 41.1 Å². The summed E-state index contributed by atoms with van der Waals surface area (Å²) in [6.45, 7) is 8.11. The molecule has 0 amide bonds. The third-order valence-corrected chi connectivity index (χ3v) is 1.40. The fourth-order valence-electron chi connectivity index (χ4n) is 0.213. The Balaban J connectivity index is -0.0000000813. The van der Waals surface area contributed by atoms with Gasteiger partial charge in [-0.1, -0.05) is 13.8 Å². The van der Waals surface area contributed by atoms with Gasteiger partial charge in [-0.05, 0) is 20.8 Å². The quantitative estimate of drug-likeness (QED) is 0.607. The molecule has 0 aromatic heterocycles. The molecule has 0 fully saturated rings. The van der Waals surface area contributed by atoms with Crippen LogP contribution < -0.4 is 0 Å². The number of carbonyl (C=O) groups is 4. The van der Waals surface area contributed by atoms with Gasteiger partial charge in [-0.2, -0.15) is 0 Å². The summed E-state index contributed by atoms with van der Waals surface area (Å²) >= 11 is 0. The lowest BCUT2D eigenvalue weighted by Crippen LogP contribution is -2.00. The van der Waals surface area contributed by atoms with Crippen LogP contribution in [0.5, 0.6) is 0 Å². The van der Waals surface area contributed by atoms with Crippen LogP contribution in [0.1, 0.15) is 53.9 Å². The number of Topliss-reactive ketones (excluding diaryl/α,β-unsaturated/α-hetero) is 3. The molecule has 0 spiro atoms. The molecule has 0 atom stereocenters. The van der Waals surface area contributed by atoms with Gasteiger partial charge < -0.3 is 14.7 Å². The van der Waals surface area contributed by atoms with Crippen molar-refractivity contribution in [2.45, 2.75) is 53.9 Å². The van der Waals surface area contributed by atoms with E-state index in [0.717, 1.165) is 0 Å². The Morgan fingerprint density at radius 2 is 1.00 bits per heavy atom. The van der Waals surface area contributed by atoms with Gasteiger partial charge in [-0.15, -0.1) is 0 Å². The first kappa shape index (κ1) is 25.8. The summed E-state index contributed by atoms with van der Waals surface area (Å²) in [6.07, 6.45) is 0.972. The van der Waals surface area contributed by atoms with Gasteiger partial charge in [0.1, 0.15) is 23.8 Å². The lowest BCUT2D eigenvalue weighted by atomic mass is 10.3. The number of rotatable bonds is 4. The fraction of sp³-hybridized carbons (Fsp3) is 0.667. The number of carboxylic acid groups (broad SMARTS) is 1. The minimum absolute atomic E-state index is 0. The molecule has 0 aromatic carbocycles. The zero-order chi connectivity index (χ0) is 14.4. The Kier molecular flexibility index (Phi) is 26.3. The molecule has 0 heterocycles. The second kappa shape index (κ2) is 18.4. The predicted octanol–water partition coefficient (Wildman–Crippen LogP) is 0.837. The minimum Gasteiger partial charge on any atom is -0.481 e. The molecule has 0 unspecified atom stereocenters. The number of carbonyl (C=O) groups excluding carboxylic acids is 3. The summed E-state index contributed by atoms with van der Waals surface area (Å²) in [5.74, 6) is -0.866. The van der Waals surface area contributed by atoms with E-state index in [1.807, 2.05) is 13.8 Å². The molecule has 18 heavy (non-hydrogen) atoms. The first-order chi connectivity index (χ1) is 7.67. The van der Waals surface area contributed by atoms with Gasteiger partial charge in [0.05, 0.1) is 0 Å². The van der Waals surface area contributed by atoms with Crippen molar-refractivity contribution in [2.24, 2.45) is 0 Å². The fourth-order valence-corrected chi connectivity index (χ4v) is 0.213. The maximum atomic E-state index is 9.87. The molecule has 6 heteroatoms. The molecule has 5 nitrogen and oxygen atoms in total. The van der Waals surface area contributed by atoms with Crippen molar-refractivity contribution in [1.82, 2.24) is 0 Å². The van der Waals surface area contributed by atoms with E-state index in [2.05, 4.69) is 0 Å². The molecule has 106 valence electrons. The van der Waals surface area contributed by atoms with Crippen molar-refractivity contribution < 1.29 is 24.3 Å². The van der Waals surface area contributed by atoms with E-state index in [4.69, 9.17) is 5.11 Å². The molecule has 0 aliphatic rings. The first-order valence-corrected chi connectivity index (χ1v) is 5.37. The molecule has 1 N–H and O–H groups in total. The minimum atomic E-state index is -1.06. The van der Waals surface area contributed by atoms with Gasteiger partial charge in [0, 0.05) is 12.8 Å². The summed E-state index contributed by atoms with van der Waals surface area (Å²) < 4.78 is 0. The highest BCUT2D eigenvalue weighted by Crippen LogP contribution is 1.77. The Hall–Kier alpha value is -0.988. The van der Waals surface area contributed by atoms with Gasteiger partial charge in [0.15, 0.2) is 17.4 Å². The average Bonchev–Trinajstić information content (AvgIpc) is 2.17. The van der Waals surface area contributed by atoms with Crippen LogP contribution in [0.3, 0.4) is 0 Å². The summed E-state index contributed by atoms with van der Waals surface area (Å²) in [6, 6.07) is 0. The SMILES string of the molecule is CC(=O)CC(=O)O.CCC(C)=O.CCC(C)=O.[AlH3]. The van der Waals surface area contributed by atoms with E-state index in [9.17, 15) is 19.2 Å². The van der Waals surface area contributed by atoms with E-state index in [0.29, 0.717) is 12.8 Å². The van der Waals surface area contributed by atoms with Crippen LogP contribution in [0.15, 0.2) is 0 Å². The van der Waals surface area contributed by atoms with Gasteiger partial charge in [-0.3, -0.25) is 9.59 Å². The second-order valence-electron chi connectivity index (χ2n) is 3.38. The van der Waals surface area contributed by atoms with Crippen molar-refractivity contribution in [3.05, 3.63) is 0 Å². The van der Waals surface area contributed by atoms with E-state index in [1.54, 1.807) is 13.8 Å². The topological polar surface area (TPSA) is 88.5 Å². The molecule has 0 aliphatic heterocycles. The number of hydrogen-bond acceptors (Lipinski definition) is 4. The number of aliphatic carboxylic acids is 1. The largest absolute Gasteiger partial charge is 0.481 e. The molecule has 0 bridgehead atoms. The zero-order valence-electron chi connectivity index (χ0n) is 11.2. The number of hydrogen-bond donors (Lipinski definition) is 1. The van der Waals surface area contributed by atoms with Crippen molar-refractivity contribution in [3.8, 4) is 0 Å². The van der Waals surface area contributed by atoms with Crippen LogP contribution in [0.4, 0.5) is 0 Å². The first-order valence-electron chi connectivity index (χ1n) is 5.37. The van der Waals surface area contributed by atoms with E-state index < -0.39 is 5.97 Å². The van der Waals surface area contributed by atoms with E-state index >= 15 is 0 Å². The summed E-state index contributed by atoms with van der Waals surface area (Å²) in [7, 11) is 0. The second-order valence-corrected chi connectivity index (χ2v) is 3.38. The van der Waals surface area contributed by atoms with Gasteiger partial charge in [0.2, 0.25) is 0 Å². The van der Waals surface area contributed by atoms with Crippen LogP contribution in [-0.4, -0.2) is 45.8 Å². The third kappa shape index (κ3) is 59.9. The lowest BCUT2D eigenvalue weighted by Gasteiger charge is -1.80. The summed E-state index contributed by atoms with van der Waals surface area (Å²) in [5, 5.41) is 7.86. The van der Waals surface area contributed by atoms with Crippen LogP contribution in [0.25, 0.3) is 0 Å². The lowest BCUT2D eigenvalue weighted by molar-refractivity contribution is -0.139. The summed E-state index contributed by atoms with van der Waals surface area (Å²) in [4.78, 5) is 39.1. The van der Waals surface area contributed by atoms with Crippen molar-refractivity contribution in [2.75, 3.05) is 0 Å². The highest BCUT2D eigenvalue weighted by atomic mass is 27.0. The van der Waals surface area contributed by atoms with Crippen molar-refractivity contribution >= 4 is 40.7 Å². The van der Waals surface area contributed by atoms with Crippen LogP contribution in [0, 0.1) is 0 Å². The van der Waals surface area contributed by atoms with Crippen LogP contribution >= 0.6 is 0 Å². The molecule has 0 aliphatic carbocycles. The summed E-state index contributed by atoms with van der Waals surface area (Å²) in [5.41, 5.74) is 0. The third-order valence-electron chi connectivity index (χ3n) is 1.40. The van der Waals surface area contributed by atoms with Gasteiger partial charge in [0.25, 0.3) is 0 Å². The smallest absolute Gasteiger partial charge is 0.310 e. The molecular weight excluding hydrogens is 251 g/mol. The Bertz CT molecular complexity index is 235. The molecule has 0 aromatic rings. The van der Waals surface area contributed by atoms with E-state index in [1.165, 1.54) is 6.92 Å². The highest BCUT2D eigenvalue weighted by molar-refractivity contribution is 5.93. The van der Waals surface area contributed by atoms with Gasteiger partial charge in [-0.25, -0.2) is 0 Å². The maximum absolute atomic E-state index is 9.87. The normalized spacial score (nSPS) is 7.39. The Morgan fingerprint density at radius 3 is 1.00 bits per heavy atom. The van der Waals surface area contributed by atoms with Gasteiger partial charge >= 0.3 is 5.97 Å². The van der Waals surface area contributed by atoms with Crippen molar-refractivity contribution in [1.29, 1.82) is 0 Å². The molecule has 0 saturated heterocycles. The highest BCUT2D eigenvalue weighted by Gasteiger charge is 1.98. The predicted molar refractivity (Wildman–Crippen MR) is 74.8 cm³/mol. The van der Waals surface area contributed by atoms with Crippen LogP contribution in [0.2, 0.25) is 0 Å².